The van der Waals surface area contributed by atoms with Crippen LogP contribution in [0.5, 0.6) is 0 Å². The number of nitrogens with zero attached hydrogens (tertiary/aromatic N) is 3. The average molecular weight is 347 g/mol. The highest BCUT2D eigenvalue weighted by atomic mass is 79.9. The van der Waals surface area contributed by atoms with Gasteiger partial charge in [0.1, 0.15) is 11.7 Å². The van der Waals surface area contributed by atoms with Gasteiger partial charge in [-0.3, -0.25) is 0 Å². The van der Waals surface area contributed by atoms with Crippen molar-refractivity contribution in [2.75, 3.05) is 11.9 Å². The molecule has 0 bridgehead atoms. The predicted octanol–water partition coefficient (Wildman–Crippen LogP) is 2.82. The van der Waals surface area contributed by atoms with Gasteiger partial charge in [0.25, 0.3) is 0 Å². The van der Waals surface area contributed by atoms with Gasteiger partial charge in [-0.15, -0.1) is 0 Å². The zero-order valence-electron chi connectivity index (χ0n) is 11.5. The second-order valence-corrected chi connectivity index (χ2v) is 5.53. The van der Waals surface area contributed by atoms with Crippen molar-refractivity contribution in [3.63, 3.8) is 0 Å². The third-order valence-corrected chi connectivity index (χ3v) is 3.85. The lowest BCUT2D eigenvalue weighted by molar-refractivity contribution is 0.0463. The number of benzene rings is 1. The van der Waals surface area contributed by atoms with E-state index < -0.39 is 5.60 Å². The summed E-state index contributed by atoms with van der Waals surface area (Å²) in [4.78, 5) is 8.01. The van der Waals surface area contributed by atoms with Crippen molar-refractivity contribution >= 4 is 21.7 Å². The molecule has 1 aromatic heterocycles. The van der Waals surface area contributed by atoms with Crippen LogP contribution in [0.4, 0.5) is 5.82 Å². The lowest BCUT2D eigenvalue weighted by atomic mass is 9.91. The maximum atomic E-state index is 10.8. The van der Waals surface area contributed by atoms with E-state index in [0.717, 1.165) is 10.0 Å². The maximum absolute atomic E-state index is 10.8. The van der Waals surface area contributed by atoms with E-state index in [2.05, 4.69) is 31.2 Å². The average Bonchev–Trinajstić information content (AvgIpc) is 2.53. The Bertz CT molecular complexity index is 653. The Morgan fingerprint density at radius 3 is 2.57 bits per heavy atom. The molecule has 108 valence electrons. The number of aromatic nitrogens is 2. The molecule has 0 aliphatic heterocycles. The summed E-state index contributed by atoms with van der Waals surface area (Å²) >= 11 is 3.38. The van der Waals surface area contributed by atoms with Gasteiger partial charge in [0.15, 0.2) is 11.5 Å². The minimum atomic E-state index is -1.04. The Morgan fingerprint density at radius 1 is 1.29 bits per heavy atom. The fraction of sp³-hybridized carbons (Fsp3) is 0.267. The molecular weight excluding hydrogens is 332 g/mol. The zero-order chi connectivity index (χ0) is 15.3. The SMILES string of the molecule is CC[C@](O)(CNc1nccnc1C#N)c1ccc(Br)cc1. The first-order chi connectivity index (χ1) is 10.1. The lowest BCUT2D eigenvalue weighted by Gasteiger charge is -2.28. The molecule has 0 saturated carbocycles. The van der Waals surface area contributed by atoms with Crippen LogP contribution in [0.15, 0.2) is 41.1 Å². The third kappa shape index (κ3) is 3.57. The third-order valence-electron chi connectivity index (χ3n) is 3.32. The molecule has 5 nitrogen and oxygen atoms in total. The Balaban J connectivity index is 2.19. The number of nitrogens with one attached hydrogen (secondary N) is 1. The fourth-order valence-electron chi connectivity index (χ4n) is 1.97. The molecule has 2 rings (SSSR count). The summed E-state index contributed by atoms with van der Waals surface area (Å²) in [6, 6.07) is 9.49. The van der Waals surface area contributed by atoms with Gasteiger partial charge in [-0.2, -0.15) is 5.26 Å². The smallest absolute Gasteiger partial charge is 0.182 e. The normalized spacial score (nSPS) is 13.2. The number of aliphatic hydroxyl groups is 1. The molecule has 0 radical (unpaired) electrons. The molecule has 2 N–H and O–H groups in total. The molecule has 1 atom stereocenters. The first-order valence-electron chi connectivity index (χ1n) is 6.52. The van der Waals surface area contributed by atoms with Gasteiger partial charge < -0.3 is 10.4 Å². The van der Waals surface area contributed by atoms with Crippen molar-refractivity contribution in [1.29, 1.82) is 5.26 Å². The first kappa shape index (κ1) is 15.4. The quantitative estimate of drug-likeness (QED) is 0.869. The number of anilines is 1. The van der Waals surface area contributed by atoms with E-state index in [9.17, 15) is 5.11 Å². The van der Waals surface area contributed by atoms with E-state index in [1.54, 1.807) is 0 Å². The summed E-state index contributed by atoms with van der Waals surface area (Å²) in [5, 5.41) is 22.8. The molecule has 0 aliphatic carbocycles. The van der Waals surface area contributed by atoms with Crippen LogP contribution in [0, 0.1) is 11.3 Å². The molecule has 0 saturated heterocycles. The minimum absolute atomic E-state index is 0.215. The number of hydrogen-bond donors (Lipinski definition) is 2. The van der Waals surface area contributed by atoms with Crippen molar-refractivity contribution in [2.24, 2.45) is 0 Å². The molecule has 21 heavy (non-hydrogen) atoms. The van der Waals surface area contributed by atoms with E-state index in [-0.39, 0.29) is 12.2 Å². The summed E-state index contributed by atoms with van der Waals surface area (Å²) in [6.07, 6.45) is 3.50. The standard InChI is InChI=1S/C15H15BrN4O/c1-2-15(21,11-3-5-12(16)6-4-11)10-20-14-13(9-17)18-7-8-19-14/h3-8,21H,2,10H2,1H3,(H,19,20)/t15-/m0/s1. The van der Waals surface area contributed by atoms with Gasteiger partial charge in [-0.1, -0.05) is 35.0 Å². The predicted molar refractivity (Wildman–Crippen MR) is 83.6 cm³/mol. The lowest BCUT2D eigenvalue weighted by Crippen LogP contribution is -2.34. The first-order valence-corrected chi connectivity index (χ1v) is 7.32. The molecule has 1 aromatic carbocycles. The van der Waals surface area contributed by atoms with Crippen LogP contribution in [-0.2, 0) is 5.60 Å². The highest BCUT2D eigenvalue weighted by molar-refractivity contribution is 9.10. The Labute approximate surface area is 131 Å². The van der Waals surface area contributed by atoms with Gasteiger partial charge in [0.2, 0.25) is 0 Å². The van der Waals surface area contributed by atoms with Gasteiger partial charge in [-0.25, -0.2) is 9.97 Å². The molecule has 0 fully saturated rings. The molecule has 2 aromatic rings. The van der Waals surface area contributed by atoms with E-state index in [1.807, 2.05) is 37.3 Å². The van der Waals surface area contributed by atoms with E-state index in [0.29, 0.717) is 12.2 Å². The molecule has 0 unspecified atom stereocenters. The maximum Gasteiger partial charge on any atom is 0.182 e. The Morgan fingerprint density at radius 2 is 1.95 bits per heavy atom. The Kier molecular flexibility index (Phi) is 4.89. The van der Waals surface area contributed by atoms with Crippen LogP contribution >= 0.6 is 15.9 Å². The largest absolute Gasteiger partial charge is 0.383 e. The van der Waals surface area contributed by atoms with E-state index >= 15 is 0 Å². The van der Waals surface area contributed by atoms with Crippen LogP contribution in [-0.4, -0.2) is 21.6 Å². The van der Waals surface area contributed by atoms with Crippen LogP contribution in [0.3, 0.4) is 0 Å². The number of rotatable bonds is 5. The second kappa shape index (κ2) is 6.66. The summed E-state index contributed by atoms with van der Waals surface area (Å²) in [6.45, 7) is 2.16. The van der Waals surface area contributed by atoms with Gasteiger partial charge >= 0.3 is 0 Å². The minimum Gasteiger partial charge on any atom is -0.383 e. The fourth-order valence-corrected chi connectivity index (χ4v) is 2.23. The van der Waals surface area contributed by atoms with E-state index in [4.69, 9.17) is 5.26 Å². The topological polar surface area (TPSA) is 81.8 Å². The van der Waals surface area contributed by atoms with Crippen molar-refractivity contribution < 1.29 is 5.11 Å². The summed E-state index contributed by atoms with van der Waals surface area (Å²) in [5.74, 6) is 0.379. The molecule has 0 aliphatic rings. The summed E-state index contributed by atoms with van der Waals surface area (Å²) in [5.41, 5.74) is -0.0137. The van der Waals surface area contributed by atoms with Crippen LogP contribution in [0.25, 0.3) is 0 Å². The molecule has 6 heteroatoms. The molecule has 1 heterocycles. The summed E-state index contributed by atoms with van der Waals surface area (Å²) < 4.78 is 0.957. The molecule has 0 spiro atoms. The van der Waals surface area contributed by atoms with Crippen molar-refractivity contribution in [2.45, 2.75) is 18.9 Å². The van der Waals surface area contributed by atoms with Crippen molar-refractivity contribution in [3.05, 3.63) is 52.4 Å². The van der Waals surface area contributed by atoms with Gasteiger partial charge in [0.05, 0.1) is 0 Å². The van der Waals surface area contributed by atoms with Crippen LogP contribution < -0.4 is 5.32 Å². The van der Waals surface area contributed by atoms with Crippen LogP contribution in [0.2, 0.25) is 0 Å². The molecular formula is C15H15BrN4O. The monoisotopic (exact) mass is 346 g/mol. The van der Waals surface area contributed by atoms with Gasteiger partial charge in [-0.05, 0) is 24.1 Å². The van der Waals surface area contributed by atoms with E-state index in [1.165, 1.54) is 12.4 Å². The highest BCUT2D eigenvalue weighted by Crippen LogP contribution is 2.27. The number of nitriles is 1. The van der Waals surface area contributed by atoms with Crippen LogP contribution in [0.1, 0.15) is 24.6 Å². The van der Waals surface area contributed by atoms with Gasteiger partial charge in [0, 0.05) is 23.4 Å². The zero-order valence-corrected chi connectivity index (χ0v) is 13.1. The summed E-state index contributed by atoms with van der Waals surface area (Å²) in [7, 11) is 0. The number of hydrogen-bond acceptors (Lipinski definition) is 5. The molecule has 0 amide bonds. The van der Waals surface area contributed by atoms with Crippen molar-refractivity contribution in [3.8, 4) is 6.07 Å². The Hall–Kier alpha value is -1.97. The second-order valence-electron chi connectivity index (χ2n) is 4.61. The highest BCUT2D eigenvalue weighted by Gasteiger charge is 2.27. The van der Waals surface area contributed by atoms with Crippen molar-refractivity contribution in [1.82, 2.24) is 9.97 Å². The number of halogens is 1.